The van der Waals surface area contributed by atoms with E-state index >= 15 is 4.39 Å². The van der Waals surface area contributed by atoms with Gasteiger partial charge in [0, 0.05) is 5.56 Å². The Morgan fingerprint density at radius 3 is 2.32 bits per heavy atom. The second-order valence-electron chi connectivity index (χ2n) is 8.40. The van der Waals surface area contributed by atoms with E-state index in [1.54, 1.807) is 18.2 Å². The second kappa shape index (κ2) is 9.43. The lowest BCUT2D eigenvalue weighted by Gasteiger charge is -2.23. The molecule has 158 valence electrons. The van der Waals surface area contributed by atoms with E-state index in [0.717, 1.165) is 54.4 Å². The van der Waals surface area contributed by atoms with Crippen molar-refractivity contribution < 1.29 is 8.78 Å². The van der Waals surface area contributed by atoms with Crippen molar-refractivity contribution in [1.82, 2.24) is 0 Å². The minimum Gasteiger partial charge on any atom is -0.207 e. The standard InChI is InChI=1S/C28H27F2N/c1-2-3-4-5-6-7-25-27(29)17-26-23-14-12-21(20-10-8-19(18-31)9-11-20)16-22(23)13-15-24(26)28(25)30/h8-12,14,16-17H,2-7,13,15H2,1H3. The number of nitrogens with zero attached hydrogens (tertiary/aromatic N) is 1. The molecule has 0 fully saturated rings. The van der Waals surface area contributed by atoms with Crippen LogP contribution >= 0.6 is 0 Å². The third kappa shape index (κ3) is 4.39. The van der Waals surface area contributed by atoms with Gasteiger partial charge in [0.25, 0.3) is 0 Å². The third-order valence-electron chi connectivity index (χ3n) is 6.33. The SMILES string of the molecule is CCCCCCCc1c(F)cc2c(c1F)CCc1cc(-c3ccc(C#N)cc3)ccc1-2. The topological polar surface area (TPSA) is 23.8 Å². The van der Waals surface area contributed by atoms with Crippen LogP contribution < -0.4 is 0 Å². The summed E-state index contributed by atoms with van der Waals surface area (Å²) in [5, 5.41) is 8.99. The molecule has 3 aromatic carbocycles. The molecule has 0 aromatic heterocycles. The molecule has 31 heavy (non-hydrogen) atoms. The average Bonchev–Trinajstić information content (AvgIpc) is 2.80. The first-order valence-electron chi connectivity index (χ1n) is 11.3. The Morgan fingerprint density at radius 1 is 0.839 bits per heavy atom. The van der Waals surface area contributed by atoms with Gasteiger partial charge < -0.3 is 0 Å². The van der Waals surface area contributed by atoms with Gasteiger partial charge in [0.1, 0.15) is 11.6 Å². The Hall–Kier alpha value is -2.99. The van der Waals surface area contributed by atoms with Crippen molar-refractivity contribution in [2.24, 2.45) is 0 Å². The van der Waals surface area contributed by atoms with Gasteiger partial charge in [0.2, 0.25) is 0 Å². The summed E-state index contributed by atoms with van der Waals surface area (Å²) >= 11 is 0. The van der Waals surface area contributed by atoms with Crippen molar-refractivity contribution in [3.8, 4) is 28.3 Å². The molecule has 1 nitrogen and oxygen atoms in total. The van der Waals surface area contributed by atoms with Crippen LogP contribution in [0.1, 0.15) is 61.3 Å². The van der Waals surface area contributed by atoms with Crippen molar-refractivity contribution in [2.45, 2.75) is 58.3 Å². The smallest absolute Gasteiger partial charge is 0.133 e. The normalized spacial score (nSPS) is 12.2. The molecular weight excluding hydrogens is 388 g/mol. The number of benzene rings is 3. The van der Waals surface area contributed by atoms with Gasteiger partial charge in [-0.15, -0.1) is 0 Å². The maximum Gasteiger partial charge on any atom is 0.133 e. The third-order valence-corrected chi connectivity index (χ3v) is 6.33. The molecule has 0 heterocycles. The highest BCUT2D eigenvalue weighted by atomic mass is 19.1. The fourth-order valence-corrected chi connectivity index (χ4v) is 4.57. The quantitative estimate of drug-likeness (QED) is 0.361. The maximum absolute atomic E-state index is 15.2. The van der Waals surface area contributed by atoms with Crippen LogP contribution in [0.4, 0.5) is 8.78 Å². The van der Waals surface area contributed by atoms with Crippen LogP contribution in [-0.4, -0.2) is 0 Å². The Balaban J connectivity index is 1.61. The molecule has 0 amide bonds. The molecular formula is C28H27F2N. The van der Waals surface area contributed by atoms with E-state index in [1.807, 2.05) is 24.3 Å². The lowest BCUT2D eigenvalue weighted by Crippen LogP contribution is -2.10. The zero-order valence-electron chi connectivity index (χ0n) is 18.0. The summed E-state index contributed by atoms with van der Waals surface area (Å²) in [6, 6.07) is 17.2. The van der Waals surface area contributed by atoms with Gasteiger partial charge in [0.05, 0.1) is 11.6 Å². The molecule has 0 spiro atoms. The van der Waals surface area contributed by atoms with Crippen molar-refractivity contribution in [2.75, 3.05) is 0 Å². The highest BCUT2D eigenvalue weighted by Gasteiger charge is 2.24. The van der Waals surface area contributed by atoms with Gasteiger partial charge in [-0.05, 0) is 77.3 Å². The molecule has 3 aromatic rings. The number of fused-ring (bicyclic) bond motifs is 3. The average molecular weight is 416 g/mol. The fourth-order valence-electron chi connectivity index (χ4n) is 4.57. The maximum atomic E-state index is 15.2. The number of nitriles is 1. The first kappa shape index (κ1) is 21.2. The molecule has 0 aliphatic heterocycles. The summed E-state index contributed by atoms with van der Waals surface area (Å²) in [6.45, 7) is 2.16. The molecule has 0 N–H and O–H groups in total. The fraction of sp³-hybridized carbons (Fsp3) is 0.321. The van der Waals surface area contributed by atoms with E-state index in [1.165, 1.54) is 6.42 Å². The Morgan fingerprint density at radius 2 is 1.58 bits per heavy atom. The number of unbranched alkanes of at least 4 members (excludes halogenated alkanes) is 4. The minimum absolute atomic E-state index is 0.257. The lowest BCUT2D eigenvalue weighted by atomic mass is 9.82. The molecule has 0 atom stereocenters. The van der Waals surface area contributed by atoms with Crippen LogP contribution in [0.15, 0.2) is 48.5 Å². The lowest BCUT2D eigenvalue weighted by molar-refractivity contribution is 0.532. The van der Waals surface area contributed by atoms with Gasteiger partial charge >= 0.3 is 0 Å². The Labute approximate surface area is 183 Å². The van der Waals surface area contributed by atoms with Crippen LogP contribution in [0.25, 0.3) is 22.3 Å². The zero-order chi connectivity index (χ0) is 21.8. The second-order valence-corrected chi connectivity index (χ2v) is 8.40. The van der Waals surface area contributed by atoms with Crippen molar-refractivity contribution in [1.29, 1.82) is 5.26 Å². The predicted molar refractivity (Wildman–Crippen MR) is 122 cm³/mol. The highest BCUT2D eigenvalue weighted by molar-refractivity contribution is 5.78. The number of hydrogen-bond donors (Lipinski definition) is 0. The van der Waals surface area contributed by atoms with Gasteiger partial charge in [-0.1, -0.05) is 62.9 Å². The number of rotatable bonds is 7. The van der Waals surface area contributed by atoms with Crippen molar-refractivity contribution in [3.05, 3.63) is 82.4 Å². The van der Waals surface area contributed by atoms with E-state index in [0.29, 0.717) is 29.5 Å². The first-order valence-corrected chi connectivity index (χ1v) is 11.3. The molecule has 3 heteroatoms. The van der Waals surface area contributed by atoms with Gasteiger partial charge in [-0.2, -0.15) is 5.26 Å². The van der Waals surface area contributed by atoms with Crippen molar-refractivity contribution >= 4 is 0 Å². The summed E-state index contributed by atoms with van der Waals surface area (Å²) in [5.74, 6) is -0.761. The molecule has 4 rings (SSSR count). The molecule has 0 saturated carbocycles. The first-order chi connectivity index (χ1) is 15.1. The van der Waals surface area contributed by atoms with E-state index in [2.05, 4.69) is 19.1 Å². The molecule has 1 aliphatic rings. The predicted octanol–water partition coefficient (Wildman–Crippen LogP) is 7.78. The van der Waals surface area contributed by atoms with E-state index in [9.17, 15) is 4.39 Å². The van der Waals surface area contributed by atoms with Gasteiger partial charge in [-0.3, -0.25) is 0 Å². The molecule has 1 aliphatic carbocycles. The summed E-state index contributed by atoms with van der Waals surface area (Å²) in [4.78, 5) is 0. The number of halogens is 2. The van der Waals surface area contributed by atoms with E-state index in [-0.39, 0.29) is 11.4 Å². The van der Waals surface area contributed by atoms with Gasteiger partial charge in [0.15, 0.2) is 0 Å². The van der Waals surface area contributed by atoms with Crippen LogP contribution in [0, 0.1) is 23.0 Å². The van der Waals surface area contributed by atoms with Crippen LogP contribution in [0.2, 0.25) is 0 Å². The highest BCUT2D eigenvalue weighted by Crippen LogP contribution is 2.39. The van der Waals surface area contributed by atoms with Crippen LogP contribution in [0.3, 0.4) is 0 Å². The summed E-state index contributed by atoms with van der Waals surface area (Å²) in [7, 11) is 0. The number of aryl methyl sites for hydroxylation is 1. The van der Waals surface area contributed by atoms with Crippen LogP contribution in [0.5, 0.6) is 0 Å². The van der Waals surface area contributed by atoms with Gasteiger partial charge in [-0.25, -0.2) is 8.78 Å². The Bertz CT molecular complexity index is 1120. The molecule has 0 bridgehead atoms. The van der Waals surface area contributed by atoms with Crippen LogP contribution in [-0.2, 0) is 19.3 Å². The van der Waals surface area contributed by atoms with Crippen molar-refractivity contribution in [3.63, 3.8) is 0 Å². The summed E-state index contributed by atoms with van der Waals surface area (Å²) < 4.78 is 30.1. The number of hydrogen-bond acceptors (Lipinski definition) is 1. The summed E-state index contributed by atoms with van der Waals surface area (Å²) in [6.07, 6.45) is 7.12. The molecule has 0 radical (unpaired) electrons. The van der Waals surface area contributed by atoms with E-state index < -0.39 is 5.82 Å². The summed E-state index contributed by atoms with van der Waals surface area (Å²) in [5.41, 5.74) is 6.35. The molecule has 0 saturated heterocycles. The van der Waals surface area contributed by atoms with E-state index in [4.69, 9.17) is 5.26 Å². The zero-order valence-corrected chi connectivity index (χ0v) is 18.0. The molecule has 0 unspecified atom stereocenters. The largest absolute Gasteiger partial charge is 0.207 e. The minimum atomic E-state index is -0.421. The Kier molecular flexibility index (Phi) is 6.47. The monoisotopic (exact) mass is 415 g/mol.